The van der Waals surface area contributed by atoms with Gasteiger partial charge in [0.05, 0.1) is 5.52 Å². The molecule has 0 atom stereocenters. The molecule has 4 rings (SSSR count). The third-order valence-electron chi connectivity index (χ3n) is 3.87. The Balaban J connectivity index is 1.71. The van der Waals surface area contributed by atoms with Crippen LogP contribution in [0.1, 0.15) is 17.1 Å². The van der Waals surface area contributed by atoms with Gasteiger partial charge in [0.25, 0.3) is 11.6 Å². The number of nitrogens with zero attached hydrogens (tertiary/aromatic N) is 5. The fraction of sp³-hybridized carbons (Fsp3) is 0.176. The number of aromatic nitrogens is 5. The molecule has 0 aliphatic rings. The number of rotatable bonds is 3. The molecule has 4 aromatic rings. The van der Waals surface area contributed by atoms with Crippen LogP contribution in [-0.2, 0) is 12.7 Å². The van der Waals surface area contributed by atoms with Crippen molar-refractivity contribution in [3.63, 3.8) is 0 Å². The summed E-state index contributed by atoms with van der Waals surface area (Å²) in [4.78, 5) is 11.9. The first-order valence-corrected chi connectivity index (χ1v) is 7.80. The molecule has 0 bridgehead atoms. The SMILES string of the molecule is Cc1cc(NCc2cccc3cccnc23)n2nc(C(F)(F)F)nc2n1. The Morgan fingerprint density at radius 1 is 1.12 bits per heavy atom. The molecule has 6 nitrogen and oxygen atoms in total. The van der Waals surface area contributed by atoms with E-state index in [4.69, 9.17) is 0 Å². The normalized spacial score (nSPS) is 12.0. The van der Waals surface area contributed by atoms with Gasteiger partial charge in [0.15, 0.2) is 0 Å². The lowest BCUT2D eigenvalue weighted by molar-refractivity contribution is -0.144. The summed E-state index contributed by atoms with van der Waals surface area (Å²) in [5.74, 6) is -0.940. The number of fused-ring (bicyclic) bond motifs is 2. The van der Waals surface area contributed by atoms with E-state index in [2.05, 4.69) is 25.4 Å². The van der Waals surface area contributed by atoms with E-state index in [9.17, 15) is 13.2 Å². The number of nitrogens with one attached hydrogen (secondary N) is 1. The standard InChI is InChI=1S/C17H13F3N6/c1-10-8-13(26-16(23-10)24-15(25-26)17(18,19)20)22-9-12-5-2-4-11-6-3-7-21-14(11)12/h2-8,22H,9H2,1H3. The number of hydrogen-bond donors (Lipinski definition) is 1. The number of alkyl halides is 3. The molecule has 26 heavy (non-hydrogen) atoms. The van der Waals surface area contributed by atoms with E-state index in [0.29, 0.717) is 18.1 Å². The molecule has 0 aliphatic heterocycles. The fourth-order valence-electron chi connectivity index (χ4n) is 2.73. The van der Waals surface area contributed by atoms with Crippen molar-refractivity contribution < 1.29 is 13.2 Å². The van der Waals surface area contributed by atoms with E-state index >= 15 is 0 Å². The first kappa shape index (κ1) is 16.2. The monoisotopic (exact) mass is 358 g/mol. The lowest BCUT2D eigenvalue weighted by Crippen LogP contribution is -2.09. The van der Waals surface area contributed by atoms with Gasteiger partial charge < -0.3 is 5.32 Å². The highest BCUT2D eigenvalue weighted by Crippen LogP contribution is 2.27. The molecule has 0 radical (unpaired) electrons. The smallest absolute Gasteiger partial charge is 0.366 e. The summed E-state index contributed by atoms with van der Waals surface area (Å²) in [5.41, 5.74) is 2.29. The second kappa shape index (κ2) is 5.94. The van der Waals surface area contributed by atoms with Gasteiger partial charge in [-0.15, -0.1) is 5.10 Å². The third kappa shape index (κ3) is 2.92. The van der Waals surface area contributed by atoms with Crippen LogP contribution < -0.4 is 5.32 Å². The molecule has 0 amide bonds. The predicted molar refractivity (Wildman–Crippen MR) is 89.6 cm³/mol. The van der Waals surface area contributed by atoms with Crippen molar-refractivity contribution >= 4 is 22.5 Å². The van der Waals surface area contributed by atoms with Crippen LogP contribution in [0.4, 0.5) is 19.0 Å². The summed E-state index contributed by atoms with van der Waals surface area (Å²) in [5, 5.41) is 7.64. The Morgan fingerprint density at radius 2 is 1.92 bits per heavy atom. The largest absolute Gasteiger partial charge is 0.453 e. The van der Waals surface area contributed by atoms with E-state index in [-0.39, 0.29) is 5.78 Å². The fourth-order valence-corrected chi connectivity index (χ4v) is 2.73. The van der Waals surface area contributed by atoms with Gasteiger partial charge in [-0.2, -0.15) is 22.7 Å². The van der Waals surface area contributed by atoms with Crippen LogP contribution >= 0.6 is 0 Å². The minimum Gasteiger partial charge on any atom is -0.366 e. The van der Waals surface area contributed by atoms with Gasteiger partial charge in [-0.3, -0.25) is 4.98 Å². The van der Waals surface area contributed by atoms with Crippen molar-refractivity contribution in [1.29, 1.82) is 0 Å². The number of para-hydroxylation sites is 1. The van der Waals surface area contributed by atoms with Crippen molar-refractivity contribution in [2.24, 2.45) is 0 Å². The molecule has 3 heterocycles. The molecule has 9 heteroatoms. The van der Waals surface area contributed by atoms with E-state index in [1.54, 1.807) is 19.2 Å². The van der Waals surface area contributed by atoms with Crippen LogP contribution in [0, 0.1) is 6.92 Å². The molecule has 132 valence electrons. The summed E-state index contributed by atoms with van der Waals surface area (Å²) in [6, 6.07) is 11.2. The van der Waals surface area contributed by atoms with Crippen molar-refractivity contribution in [2.45, 2.75) is 19.6 Å². The number of aryl methyl sites for hydroxylation is 1. The minimum atomic E-state index is -4.63. The predicted octanol–water partition coefficient (Wildman–Crippen LogP) is 3.61. The molecule has 0 saturated carbocycles. The molecule has 3 aromatic heterocycles. The summed E-state index contributed by atoms with van der Waals surface area (Å²) >= 11 is 0. The van der Waals surface area contributed by atoms with E-state index in [1.165, 1.54) is 0 Å². The number of anilines is 1. The molecular weight excluding hydrogens is 345 g/mol. The molecular formula is C17H13F3N6. The summed E-state index contributed by atoms with van der Waals surface area (Å²) < 4.78 is 39.7. The van der Waals surface area contributed by atoms with E-state index in [1.807, 2.05) is 30.3 Å². The van der Waals surface area contributed by atoms with Crippen LogP contribution in [0.2, 0.25) is 0 Å². The third-order valence-corrected chi connectivity index (χ3v) is 3.87. The molecule has 0 aliphatic carbocycles. The summed E-state index contributed by atoms with van der Waals surface area (Å²) in [7, 11) is 0. The van der Waals surface area contributed by atoms with Gasteiger partial charge in [-0.25, -0.2) is 4.98 Å². The van der Waals surface area contributed by atoms with Gasteiger partial charge in [0.2, 0.25) is 0 Å². The lowest BCUT2D eigenvalue weighted by Gasteiger charge is -2.10. The van der Waals surface area contributed by atoms with E-state index in [0.717, 1.165) is 21.0 Å². The Kier molecular flexibility index (Phi) is 3.71. The Hall–Kier alpha value is -3.23. The summed E-state index contributed by atoms with van der Waals surface area (Å²) in [6.07, 6.45) is -2.92. The van der Waals surface area contributed by atoms with Crippen molar-refractivity contribution in [3.05, 3.63) is 59.7 Å². The highest BCUT2D eigenvalue weighted by atomic mass is 19.4. The highest BCUT2D eigenvalue weighted by Gasteiger charge is 2.36. The number of halogens is 3. The molecule has 1 N–H and O–H groups in total. The van der Waals surface area contributed by atoms with Crippen LogP contribution in [-0.4, -0.2) is 24.6 Å². The minimum absolute atomic E-state index is 0.101. The average Bonchev–Trinajstić information content (AvgIpc) is 3.04. The molecule has 0 spiro atoms. The van der Waals surface area contributed by atoms with Gasteiger partial charge >= 0.3 is 6.18 Å². The van der Waals surface area contributed by atoms with E-state index < -0.39 is 12.0 Å². The number of hydrogen-bond acceptors (Lipinski definition) is 5. The van der Waals surface area contributed by atoms with Crippen LogP contribution in [0.25, 0.3) is 16.7 Å². The summed E-state index contributed by atoms with van der Waals surface area (Å²) in [6.45, 7) is 2.06. The van der Waals surface area contributed by atoms with Crippen LogP contribution in [0.15, 0.2) is 42.6 Å². The quantitative estimate of drug-likeness (QED) is 0.606. The van der Waals surface area contributed by atoms with Gasteiger partial charge in [-0.05, 0) is 18.6 Å². The van der Waals surface area contributed by atoms with Gasteiger partial charge in [0, 0.05) is 29.9 Å². The molecule has 0 unspecified atom stereocenters. The molecule has 0 saturated heterocycles. The first-order valence-electron chi connectivity index (χ1n) is 7.80. The topological polar surface area (TPSA) is 68.0 Å². The average molecular weight is 358 g/mol. The maximum Gasteiger partial charge on any atom is 0.453 e. The molecule has 1 aromatic carbocycles. The van der Waals surface area contributed by atoms with Crippen molar-refractivity contribution in [2.75, 3.05) is 5.32 Å². The zero-order valence-corrected chi connectivity index (χ0v) is 13.6. The van der Waals surface area contributed by atoms with Crippen molar-refractivity contribution in [1.82, 2.24) is 24.6 Å². The first-order chi connectivity index (χ1) is 12.4. The van der Waals surface area contributed by atoms with Crippen molar-refractivity contribution in [3.8, 4) is 0 Å². The van der Waals surface area contributed by atoms with Gasteiger partial charge in [0.1, 0.15) is 5.82 Å². The maximum absolute atomic E-state index is 12.9. The lowest BCUT2D eigenvalue weighted by atomic mass is 10.1. The van der Waals surface area contributed by atoms with Crippen LogP contribution in [0.5, 0.6) is 0 Å². The Labute approximate surface area is 145 Å². The maximum atomic E-state index is 12.9. The number of pyridine rings is 1. The Morgan fingerprint density at radius 3 is 2.73 bits per heavy atom. The highest BCUT2D eigenvalue weighted by molar-refractivity contribution is 5.81. The van der Waals surface area contributed by atoms with Gasteiger partial charge in [-0.1, -0.05) is 24.3 Å². The second-order valence-corrected chi connectivity index (χ2v) is 5.77. The zero-order valence-electron chi connectivity index (χ0n) is 13.6. The zero-order chi connectivity index (χ0) is 18.3. The number of benzene rings is 1. The molecule has 0 fully saturated rings. The van der Waals surface area contributed by atoms with Crippen LogP contribution in [0.3, 0.4) is 0 Å². The Bertz CT molecular complexity index is 1100. The second-order valence-electron chi connectivity index (χ2n) is 5.77.